The summed E-state index contributed by atoms with van der Waals surface area (Å²) in [6.45, 7) is 4.98. The molecule has 78 valence electrons. The highest BCUT2D eigenvalue weighted by atomic mass is 16.1. The second-order valence-corrected chi connectivity index (χ2v) is 3.46. The Labute approximate surface area is 81.3 Å². The number of hydrogen-bond acceptors (Lipinski definition) is 2. The maximum Gasteiger partial charge on any atom is 0.221 e. The van der Waals surface area contributed by atoms with Gasteiger partial charge in [0.2, 0.25) is 5.91 Å². The molecule has 0 aromatic heterocycles. The first-order valence-corrected chi connectivity index (χ1v) is 5.14. The van der Waals surface area contributed by atoms with E-state index in [0.29, 0.717) is 12.5 Å². The smallest absolute Gasteiger partial charge is 0.221 e. The van der Waals surface area contributed by atoms with Gasteiger partial charge >= 0.3 is 0 Å². The van der Waals surface area contributed by atoms with E-state index in [9.17, 15) is 4.79 Å². The molecule has 0 aliphatic heterocycles. The van der Waals surface area contributed by atoms with Gasteiger partial charge in [0.1, 0.15) is 0 Å². The van der Waals surface area contributed by atoms with E-state index < -0.39 is 0 Å². The molecule has 2 N–H and O–H groups in total. The first kappa shape index (κ1) is 12.4. The molecule has 0 aromatic rings. The minimum atomic E-state index is 0.151. The molecule has 0 rings (SSSR count). The Morgan fingerprint density at radius 1 is 1.46 bits per heavy atom. The van der Waals surface area contributed by atoms with Crippen LogP contribution >= 0.6 is 0 Å². The van der Waals surface area contributed by atoms with Crippen LogP contribution in [-0.2, 0) is 4.79 Å². The van der Waals surface area contributed by atoms with Crippen LogP contribution < -0.4 is 10.6 Å². The maximum atomic E-state index is 11.2. The first-order chi connectivity index (χ1) is 6.20. The van der Waals surface area contributed by atoms with E-state index in [-0.39, 0.29) is 5.91 Å². The van der Waals surface area contributed by atoms with Crippen molar-refractivity contribution < 1.29 is 4.79 Å². The molecule has 0 radical (unpaired) electrons. The Morgan fingerprint density at radius 2 is 2.15 bits per heavy atom. The van der Waals surface area contributed by atoms with E-state index in [1.165, 1.54) is 12.8 Å². The second-order valence-electron chi connectivity index (χ2n) is 3.46. The summed E-state index contributed by atoms with van der Waals surface area (Å²) >= 11 is 0. The predicted octanol–water partition coefficient (Wildman–Crippen LogP) is 1.29. The standard InChI is InChI=1S/C10H22N2O/c1-4-5-6-9(2)12-10(13)7-8-11-3/h9,11H,4-8H2,1-3H3,(H,12,13). The van der Waals surface area contributed by atoms with Gasteiger partial charge in [-0.05, 0) is 20.4 Å². The topological polar surface area (TPSA) is 41.1 Å². The van der Waals surface area contributed by atoms with E-state index in [1.807, 2.05) is 7.05 Å². The average Bonchev–Trinajstić information content (AvgIpc) is 2.11. The molecular weight excluding hydrogens is 164 g/mol. The normalized spacial score (nSPS) is 12.5. The van der Waals surface area contributed by atoms with Crippen molar-refractivity contribution in [3.05, 3.63) is 0 Å². The zero-order valence-electron chi connectivity index (χ0n) is 9.02. The van der Waals surface area contributed by atoms with E-state index in [2.05, 4.69) is 24.5 Å². The van der Waals surface area contributed by atoms with Gasteiger partial charge < -0.3 is 10.6 Å². The molecule has 1 unspecified atom stereocenters. The van der Waals surface area contributed by atoms with Crippen LogP contribution in [0.5, 0.6) is 0 Å². The van der Waals surface area contributed by atoms with Gasteiger partial charge in [-0.2, -0.15) is 0 Å². The van der Waals surface area contributed by atoms with Gasteiger partial charge in [-0.15, -0.1) is 0 Å². The quantitative estimate of drug-likeness (QED) is 0.629. The van der Waals surface area contributed by atoms with Crippen molar-refractivity contribution in [3.63, 3.8) is 0 Å². The van der Waals surface area contributed by atoms with Crippen molar-refractivity contribution in [3.8, 4) is 0 Å². The van der Waals surface area contributed by atoms with E-state index in [4.69, 9.17) is 0 Å². The fourth-order valence-electron chi connectivity index (χ4n) is 1.17. The molecule has 0 saturated carbocycles. The fourth-order valence-corrected chi connectivity index (χ4v) is 1.17. The highest BCUT2D eigenvalue weighted by molar-refractivity contribution is 5.76. The first-order valence-electron chi connectivity index (χ1n) is 5.14. The van der Waals surface area contributed by atoms with Gasteiger partial charge in [0.05, 0.1) is 0 Å². The molecule has 0 aliphatic rings. The third-order valence-corrected chi connectivity index (χ3v) is 2.00. The number of carbonyl (C=O) groups excluding carboxylic acids is 1. The van der Waals surface area contributed by atoms with Crippen LogP contribution in [0.2, 0.25) is 0 Å². The molecule has 0 saturated heterocycles. The average molecular weight is 186 g/mol. The van der Waals surface area contributed by atoms with E-state index in [0.717, 1.165) is 13.0 Å². The molecule has 3 heteroatoms. The molecule has 1 atom stereocenters. The zero-order chi connectivity index (χ0) is 10.1. The largest absolute Gasteiger partial charge is 0.354 e. The lowest BCUT2D eigenvalue weighted by Crippen LogP contribution is -2.33. The molecule has 0 aromatic carbocycles. The van der Waals surface area contributed by atoms with Gasteiger partial charge in [-0.1, -0.05) is 19.8 Å². The van der Waals surface area contributed by atoms with Crippen molar-refractivity contribution in [2.75, 3.05) is 13.6 Å². The van der Waals surface area contributed by atoms with Crippen LogP contribution in [0.15, 0.2) is 0 Å². The lowest BCUT2D eigenvalue weighted by atomic mass is 10.1. The molecular formula is C10H22N2O. The molecule has 0 fully saturated rings. The molecule has 0 heterocycles. The minimum absolute atomic E-state index is 0.151. The summed E-state index contributed by atoms with van der Waals surface area (Å²) in [6, 6.07) is 0.323. The summed E-state index contributed by atoms with van der Waals surface area (Å²) in [7, 11) is 1.85. The van der Waals surface area contributed by atoms with Crippen molar-refractivity contribution in [2.45, 2.75) is 45.6 Å². The molecule has 1 amide bonds. The summed E-state index contributed by atoms with van der Waals surface area (Å²) in [4.78, 5) is 11.2. The highest BCUT2D eigenvalue weighted by Crippen LogP contribution is 1.99. The van der Waals surface area contributed by atoms with Crippen LogP contribution in [0.3, 0.4) is 0 Å². The Bertz CT molecular complexity index is 137. The fraction of sp³-hybridized carbons (Fsp3) is 0.900. The number of nitrogens with one attached hydrogen (secondary N) is 2. The Hall–Kier alpha value is -0.570. The van der Waals surface area contributed by atoms with Gasteiger partial charge in [-0.25, -0.2) is 0 Å². The minimum Gasteiger partial charge on any atom is -0.354 e. The van der Waals surface area contributed by atoms with Crippen molar-refractivity contribution in [2.24, 2.45) is 0 Å². The van der Waals surface area contributed by atoms with Crippen molar-refractivity contribution in [1.29, 1.82) is 0 Å². The Kier molecular flexibility index (Phi) is 7.69. The summed E-state index contributed by atoms with van der Waals surface area (Å²) in [5, 5.41) is 5.92. The summed E-state index contributed by atoms with van der Waals surface area (Å²) in [6.07, 6.45) is 4.04. The lowest BCUT2D eigenvalue weighted by Gasteiger charge is -2.12. The third kappa shape index (κ3) is 7.78. The third-order valence-electron chi connectivity index (χ3n) is 2.00. The van der Waals surface area contributed by atoms with Crippen LogP contribution in [0.1, 0.15) is 39.5 Å². The SMILES string of the molecule is CCCCC(C)NC(=O)CCNC. The number of unbranched alkanes of at least 4 members (excludes halogenated alkanes) is 1. The van der Waals surface area contributed by atoms with Crippen LogP contribution in [0, 0.1) is 0 Å². The molecule has 0 aliphatic carbocycles. The summed E-state index contributed by atoms with van der Waals surface area (Å²) < 4.78 is 0. The van der Waals surface area contributed by atoms with Gasteiger partial charge in [0.25, 0.3) is 0 Å². The predicted molar refractivity (Wildman–Crippen MR) is 55.7 cm³/mol. The molecule has 3 nitrogen and oxygen atoms in total. The highest BCUT2D eigenvalue weighted by Gasteiger charge is 2.05. The van der Waals surface area contributed by atoms with E-state index >= 15 is 0 Å². The summed E-state index contributed by atoms with van der Waals surface area (Å²) in [5.74, 6) is 0.151. The van der Waals surface area contributed by atoms with Crippen LogP contribution in [0.4, 0.5) is 0 Å². The maximum absolute atomic E-state index is 11.2. The molecule has 0 spiro atoms. The van der Waals surface area contributed by atoms with Gasteiger partial charge in [0, 0.05) is 19.0 Å². The Balaban J connectivity index is 3.41. The van der Waals surface area contributed by atoms with Gasteiger partial charge in [-0.3, -0.25) is 4.79 Å². The number of carbonyl (C=O) groups is 1. The monoisotopic (exact) mass is 186 g/mol. The van der Waals surface area contributed by atoms with Gasteiger partial charge in [0.15, 0.2) is 0 Å². The number of amides is 1. The molecule has 13 heavy (non-hydrogen) atoms. The van der Waals surface area contributed by atoms with E-state index in [1.54, 1.807) is 0 Å². The van der Waals surface area contributed by atoms with Crippen LogP contribution in [0.25, 0.3) is 0 Å². The van der Waals surface area contributed by atoms with Crippen molar-refractivity contribution >= 4 is 5.91 Å². The summed E-state index contributed by atoms with van der Waals surface area (Å²) in [5.41, 5.74) is 0. The van der Waals surface area contributed by atoms with Crippen molar-refractivity contribution in [1.82, 2.24) is 10.6 Å². The Morgan fingerprint density at radius 3 is 2.69 bits per heavy atom. The van der Waals surface area contributed by atoms with Crippen LogP contribution in [-0.4, -0.2) is 25.5 Å². The zero-order valence-corrected chi connectivity index (χ0v) is 9.02. The molecule has 0 bridgehead atoms. The lowest BCUT2D eigenvalue weighted by molar-refractivity contribution is -0.121. The number of rotatable bonds is 7. The number of hydrogen-bond donors (Lipinski definition) is 2. The second kappa shape index (κ2) is 8.05.